The summed E-state index contributed by atoms with van der Waals surface area (Å²) in [6.07, 6.45) is 0. The largest absolute Gasteiger partial charge is 0.420 e. The first-order valence-corrected chi connectivity index (χ1v) is 7.78. The van der Waals surface area contributed by atoms with E-state index < -0.39 is 0 Å². The van der Waals surface area contributed by atoms with E-state index in [0.717, 1.165) is 29.9 Å². The second-order valence-electron chi connectivity index (χ2n) is 5.58. The summed E-state index contributed by atoms with van der Waals surface area (Å²) in [7, 11) is 0. The van der Waals surface area contributed by atoms with Crippen molar-refractivity contribution in [3.63, 3.8) is 0 Å². The van der Waals surface area contributed by atoms with E-state index in [1.807, 2.05) is 54.6 Å². The van der Waals surface area contributed by atoms with E-state index in [0.29, 0.717) is 24.5 Å². The van der Waals surface area contributed by atoms with Gasteiger partial charge in [-0.2, -0.15) is 0 Å². The van der Waals surface area contributed by atoms with Gasteiger partial charge in [0.1, 0.15) is 0 Å². The van der Waals surface area contributed by atoms with Crippen LogP contribution in [-0.2, 0) is 9.47 Å². The molecule has 2 aliphatic heterocycles. The fourth-order valence-electron chi connectivity index (χ4n) is 3.08. The first kappa shape index (κ1) is 14.0. The quantitative estimate of drug-likeness (QED) is 0.800. The smallest absolute Gasteiger partial charge is 0.344 e. The number of carbonyl (C=O) groups is 1. The van der Waals surface area contributed by atoms with E-state index in [2.05, 4.69) is 4.90 Å². The Kier molecular flexibility index (Phi) is 3.60. The highest BCUT2D eigenvalue weighted by molar-refractivity contribution is 6.07. The second-order valence-corrected chi connectivity index (χ2v) is 5.58. The minimum atomic E-state index is -0.280. The Morgan fingerprint density at radius 2 is 1.52 bits per heavy atom. The van der Waals surface area contributed by atoms with Crippen molar-refractivity contribution in [1.82, 2.24) is 4.90 Å². The molecular weight excluding hydrogens is 290 g/mol. The summed E-state index contributed by atoms with van der Waals surface area (Å²) in [6, 6.07) is 17.6. The van der Waals surface area contributed by atoms with Gasteiger partial charge in [-0.15, -0.1) is 0 Å². The lowest BCUT2D eigenvalue weighted by Gasteiger charge is -2.32. The molecule has 0 N–H and O–H groups in total. The molecule has 2 aliphatic rings. The number of ether oxygens (including phenoxy) is 2. The molecule has 2 aromatic carbocycles. The molecule has 0 aromatic heterocycles. The number of fused-ring (bicyclic) bond motifs is 1. The van der Waals surface area contributed by atoms with Crippen LogP contribution in [0.25, 0.3) is 11.5 Å². The molecule has 4 nitrogen and oxygen atoms in total. The summed E-state index contributed by atoms with van der Waals surface area (Å²) < 4.78 is 11.1. The lowest BCUT2D eigenvalue weighted by atomic mass is 10.0. The molecule has 1 saturated heterocycles. The number of hydrogen-bond acceptors (Lipinski definition) is 4. The maximum absolute atomic E-state index is 12.2. The van der Waals surface area contributed by atoms with Crippen LogP contribution < -0.4 is 0 Å². The summed E-state index contributed by atoms with van der Waals surface area (Å²) >= 11 is 0. The van der Waals surface area contributed by atoms with Gasteiger partial charge in [-0.1, -0.05) is 48.5 Å². The minimum Gasteiger partial charge on any atom is -0.420 e. The predicted octanol–water partition coefficient (Wildman–Crippen LogP) is 3.02. The molecule has 0 saturated carbocycles. The van der Waals surface area contributed by atoms with Crippen molar-refractivity contribution < 1.29 is 14.3 Å². The number of benzene rings is 2. The highest BCUT2D eigenvalue weighted by Gasteiger charge is 2.31. The molecule has 116 valence electrons. The van der Waals surface area contributed by atoms with Crippen LogP contribution >= 0.6 is 0 Å². The standard InChI is InChI=1S/C19H17NO3/c21-19-16-9-5-4-8-15(16)18(23-19)17(14-6-2-1-3-7-14)20-10-12-22-13-11-20/h1-9H,10-13H2. The van der Waals surface area contributed by atoms with Crippen LogP contribution in [0.2, 0.25) is 0 Å². The zero-order valence-electron chi connectivity index (χ0n) is 12.7. The number of nitrogens with zero attached hydrogens (tertiary/aromatic N) is 1. The van der Waals surface area contributed by atoms with Gasteiger partial charge >= 0.3 is 5.97 Å². The highest BCUT2D eigenvalue weighted by atomic mass is 16.5. The van der Waals surface area contributed by atoms with Gasteiger partial charge in [-0.3, -0.25) is 0 Å². The molecule has 0 atom stereocenters. The molecule has 0 unspecified atom stereocenters. The van der Waals surface area contributed by atoms with Crippen LogP contribution in [0.1, 0.15) is 21.5 Å². The van der Waals surface area contributed by atoms with E-state index in [1.165, 1.54) is 0 Å². The van der Waals surface area contributed by atoms with E-state index >= 15 is 0 Å². The van der Waals surface area contributed by atoms with Crippen molar-refractivity contribution in [3.05, 3.63) is 71.3 Å². The maximum atomic E-state index is 12.2. The zero-order valence-corrected chi connectivity index (χ0v) is 12.7. The van der Waals surface area contributed by atoms with Crippen molar-refractivity contribution in [2.75, 3.05) is 26.3 Å². The Morgan fingerprint density at radius 3 is 2.26 bits per heavy atom. The van der Waals surface area contributed by atoms with Crippen LogP contribution in [0, 0.1) is 0 Å². The van der Waals surface area contributed by atoms with Crippen LogP contribution in [-0.4, -0.2) is 37.2 Å². The number of cyclic esters (lactones) is 1. The molecular formula is C19H17NO3. The molecule has 0 amide bonds. The molecule has 0 bridgehead atoms. The van der Waals surface area contributed by atoms with Gasteiger partial charge in [-0.05, 0) is 6.07 Å². The number of hydrogen-bond donors (Lipinski definition) is 0. The Labute approximate surface area is 134 Å². The Balaban J connectivity index is 1.90. The van der Waals surface area contributed by atoms with Gasteiger partial charge in [0, 0.05) is 24.2 Å². The summed E-state index contributed by atoms with van der Waals surface area (Å²) in [6.45, 7) is 2.93. The fourth-order valence-corrected chi connectivity index (χ4v) is 3.08. The van der Waals surface area contributed by atoms with E-state index in [9.17, 15) is 4.79 Å². The number of carbonyl (C=O) groups excluding carboxylic acids is 1. The van der Waals surface area contributed by atoms with E-state index in [4.69, 9.17) is 9.47 Å². The van der Waals surface area contributed by atoms with Gasteiger partial charge in [0.15, 0.2) is 5.76 Å². The first-order valence-electron chi connectivity index (χ1n) is 7.78. The second kappa shape index (κ2) is 5.89. The summed E-state index contributed by atoms with van der Waals surface area (Å²) in [4.78, 5) is 14.4. The molecule has 1 fully saturated rings. The molecule has 4 rings (SSSR count). The maximum Gasteiger partial charge on any atom is 0.344 e. The molecule has 4 heteroatoms. The van der Waals surface area contributed by atoms with E-state index in [1.54, 1.807) is 0 Å². The fraction of sp³-hybridized carbons (Fsp3) is 0.211. The van der Waals surface area contributed by atoms with Gasteiger partial charge in [0.2, 0.25) is 0 Å². The average Bonchev–Trinajstić information content (AvgIpc) is 2.94. The van der Waals surface area contributed by atoms with Crippen molar-refractivity contribution in [3.8, 4) is 0 Å². The molecule has 2 heterocycles. The Morgan fingerprint density at radius 1 is 0.870 bits per heavy atom. The Bertz CT molecular complexity index is 761. The summed E-state index contributed by atoms with van der Waals surface area (Å²) in [5.74, 6) is 0.371. The van der Waals surface area contributed by atoms with Crippen LogP contribution in [0.5, 0.6) is 0 Å². The van der Waals surface area contributed by atoms with Crippen LogP contribution in [0.15, 0.2) is 54.6 Å². The summed E-state index contributed by atoms with van der Waals surface area (Å²) in [5, 5.41) is 0. The van der Waals surface area contributed by atoms with Gasteiger partial charge < -0.3 is 14.4 Å². The average molecular weight is 307 g/mol. The number of morpholine rings is 1. The van der Waals surface area contributed by atoms with E-state index in [-0.39, 0.29) is 5.97 Å². The third kappa shape index (κ3) is 2.51. The molecule has 0 spiro atoms. The lowest BCUT2D eigenvalue weighted by Crippen LogP contribution is -2.35. The SMILES string of the molecule is O=C1OC(=C(c2ccccc2)N2CCOCC2)c2ccccc21. The summed E-state index contributed by atoms with van der Waals surface area (Å²) in [5.41, 5.74) is 3.51. The normalized spacial score (nSPS) is 19.3. The van der Waals surface area contributed by atoms with Crippen LogP contribution in [0.3, 0.4) is 0 Å². The monoisotopic (exact) mass is 307 g/mol. The third-order valence-electron chi connectivity index (χ3n) is 4.18. The number of esters is 1. The first-order chi connectivity index (χ1) is 11.3. The molecule has 2 aromatic rings. The van der Waals surface area contributed by atoms with Crippen molar-refractivity contribution >= 4 is 17.4 Å². The molecule has 23 heavy (non-hydrogen) atoms. The highest BCUT2D eigenvalue weighted by Crippen LogP contribution is 2.37. The van der Waals surface area contributed by atoms with Crippen LogP contribution in [0.4, 0.5) is 0 Å². The number of rotatable bonds is 2. The zero-order chi connectivity index (χ0) is 15.6. The van der Waals surface area contributed by atoms with Crippen molar-refractivity contribution in [2.45, 2.75) is 0 Å². The lowest BCUT2D eigenvalue weighted by molar-refractivity contribution is 0.0623. The predicted molar refractivity (Wildman–Crippen MR) is 87.5 cm³/mol. The topological polar surface area (TPSA) is 38.8 Å². The van der Waals surface area contributed by atoms with Crippen molar-refractivity contribution in [2.24, 2.45) is 0 Å². The minimum absolute atomic E-state index is 0.280. The van der Waals surface area contributed by atoms with Crippen molar-refractivity contribution in [1.29, 1.82) is 0 Å². The molecule has 0 aliphatic carbocycles. The molecule has 0 radical (unpaired) electrons. The third-order valence-corrected chi connectivity index (χ3v) is 4.18. The van der Waals surface area contributed by atoms with Gasteiger partial charge in [-0.25, -0.2) is 4.79 Å². The van der Waals surface area contributed by atoms with Gasteiger partial charge in [0.05, 0.1) is 24.5 Å². The van der Waals surface area contributed by atoms with Gasteiger partial charge in [0.25, 0.3) is 0 Å². The Hall–Kier alpha value is -2.59.